The highest BCUT2D eigenvalue weighted by molar-refractivity contribution is 5.92. The van der Waals surface area contributed by atoms with Gasteiger partial charge in [0.05, 0.1) is 11.0 Å². The lowest BCUT2D eigenvalue weighted by Gasteiger charge is -1.98. The lowest BCUT2D eigenvalue weighted by Crippen LogP contribution is -2.08. The van der Waals surface area contributed by atoms with Crippen molar-refractivity contribution in [1.29, 1.82) is 0 Å². The molecule has 0 aliphatic carbocycles. The molecule has 74 valence electrons. The number of nitrogens with two attached hydrogens (primary N) is 1. The first-order chi connectivity index (χ1) is 6.20. The smallest absolute Gasteiger partial charge is 0.230 e. The molecule has 1 aromatic heterocycles. The monoisotopic (exact) mass is 211 g/mol. The van der Waals surface area contributed by atoms with E-state index in [1.54, 1.807) is 0 Å². The summed E-state index contributed by atoms with van der Waals surface area (Å²) in [5.41, 5.74) is 7.09. The number of hydrogen-bond donors (Lipinski definition) is 1. The third kappa shape index (κ3) is 1.44. The highest BCUT2D eigenvalue weighted by Crippen LogP contribution is 2.16. The molecule has 5 heteroatoms. The number of anilines is 1. The van der Waals surface area contributed by atoms with Gasteiger partial charge in [0.15, 0.2) is 0 Å². The van der Waals surface area contributed by atoms with Crippen molar-refractivity contribution in [2.75, 3.05) is 5.73 Å². The first-order valence-electron chi connectivity index (χ1n) is 3.94. The normalized spacial score (nSPS) is 9.79. The van der Waals surface area contributed by atoms with Crippen molar-refractivity contribution in [1.82, 2.24) is 9.55 Å². The molecule has 0 amide bonds. The molecule has 0 aliphatic rings. The third-order valence-electron chi connectivity index (χ3n) is 1.90. The Morgan fingerprint density at radius 3 is 2.71 bits per heavy atom. The fourth-order valence-corrected chi connectivity index (χ4v) is 1.38. The van der Waals surface area contributed by atoms with E-state index in [9.17, 15) is 4.79 Å². The standard InChI is InChI=1S/C9H9N3O.ClH/c1-6(13)12-8-5-3-2-4-7(8)11-9(12)10;/h2-5H,1H3,(H2,10,11);1H. The predicted octanol–water partition coefficient (Wildman–Crippen LogP) is 1.70. The maximum absolute atomic E-state index is 11.2. The Balaban J connectivity index is 0.000000980. The molecule has 14 heavy (non-hydrogen) atoms. The number of hydrogen-bond acceptors (Lipinski definition) is 3. The van der Waals surface area contributed by atoms with Crippen LogP contribution >= 0.6 is 12.4 Å². The quantitative estimate of drug-likeness (QED) is 0.722. The summed E-state index contributed by atoms with van der Waals surface area (Å²) in [4.78, 5) is 15.2. The van der Waals surface area contributed by atoms with Gasteiger partial charge in [0.1, 0.15) is 0 Å². The van der Waals surface area contributed by atoms with Gasteiger partial charge < -0.3 is 5.73 Å². The second-order valence-corrected chi connectivity index (χ2v) is 2.81. The molecule has 0 radical (unpaired) electrons. The van der Waals surface area contributed by atoms with Crippen LogP contribution in [0.25, 0.3) is 11.0 Å². The summed E-state index contributed by atoms with van der Waals surface area (Å²) in [5, 5.41) is 0. The van der Waals surface area contributed by atoms with Crippen molar-refractivity contribution in [3.63, 3.8) is 0 Å². The van der Waals surface area contributed by atoms with Crippen molar-refractivity contribution in [3.05, 3.63) is 24.3 Å². The number of nitrogens with zero attached hydrogens (tertiary/aromatic N) is 2. The van der Waals surface area contributed by atoms with Crippen LogP contribution in [0.4, 0.5) is 5.95 Å². The van der Waals surface area contributed by atoms with E-state index in [1.165, 1.54) is 11.5 Å². The number of carbonyl (C=O) groups is 1. The van der Waals surface area contributed by atoms with Gasteiger partial charge in [0, 0.05) is 6.92 Å². The van der Waals surface area contributed by atoms with E-state index in [2.05, 4.69) is 4.98 Å². The largest absolute Gasteiger partial charge is 0.369 e. The van der Waals surface area contributed by atoms with E-state index in [1.807, 2.05) is 24.3 Å². The molecule has 0 saturated heterocycles. The van der Waals surface area contributed by atoms with Crippen LogP contribution in [0.5, 0.6) is 0 Å². The summed E-state index contributed by atoms with van der Waals surface area (Å²) >= 11 is 0. The van der Waals surface area contributed by atoms with Crippen LogP contribution < -0.4 is 5.73 Å². The predicted molar refractivity (Wildman–Crippen MR) is 57.7 cm³/mol. The van der Waals surface area contributed by atoms with Crippen LogP contribution in [0.2, 0.25) is 0 Å². The first kappa shape index (κ1) is 10.5. The summed E-state index contributed by atoms with van der Waals surface area (Å²) in [7, 11) is 0. The van der Waals surface area contributed by atoms with Gasteiger partial charge in [-0.3, -0.25) is 4.79 Å². The molecule has 0 fully saturated rings. The van der Waals surface area contributed by atoms with E-state index < -0.39 is 0 Å². The highest BCUT2D eigenvalue weighted by Gasteiger charge is 2.09. The maximum atomic E-state index is 11.2. The molecule has 0 atom stereocenters. The van der Waals surface area contributed by atoms with E-state index in [0.29, 0.717) is 0 Å². The summed E-state index contributed by atoms with van der Waals surface area (Å²) in [5.74, 6) is 0.125. The summed E-state index contributed by atoms with van der Waals surface area (Å²) in [6.07, 6.45) is 0. The van der Waals surface area contributed by atoms with Crippen LogP contribution in [-0.2, 0) is 0 Å². The molecule has 0 unspecified atom stereocenters. The minimum Gasteiger partial charge on any atom is -0.369 e. The average Bonchev–Trinajstić information content (AvgIpc) is 2.39. The second kappa shape index (κ2) is 3.67. The Labute approximate surface area is 87.1 Å². The number of nitrogen functional groups attached to an aromatic ring is 1. The third-order valence-corrected chi connectivity index (χ3v) is 1.90. The Hall–Kier alpha value is -1.55. The summed E-state index contributed by atoms with van der Waals surface area (Å²) in [6, 6.07) is 7.35. The van der Waals surface area contributed by atoms with Crippen LogP contribution in [0.1, 0.15) is 11.7 Å². The molecule has 2 aromatic rings. The molecule has 2 N–H and O–H groups in total. The Morgan fingerprint density at radius 1 is 1.43 bits per heavy atom. The lowest BCUT2D eigenvalue weighted by molar-refractivity contribution is 0.0943. The summed E-state index contributed by atoms with van der Waals surface area (Å²) < 4.78 is 1.40. The SMILES string of the molecule is CC(=O)n1c(N)nc2ccccc21.Cl. The van der Waals surface area contributed by atoms with Crippen molar-refractivity contribution in [2.24, 2.45) is 0 Å². The average molecular weight is 212 g/mol. The van der Waals surface area contributed by atoms with Crippen LogP contribution in [0.15, 0.2) is 24.3 Å². The zero-order valence-electron chi connectivity index (χ0n) is 7.60. The molecule has 0 aliphatic heterocycles. The fraction of sp³-hybridized carbons (Fsp3) is 0.111. The van der Waals surface area contributed by atoms with Crippen molar-refractivity contribution < 1.29 is 4.79 Å². The number of halogens is 1. The fourth-order valence-electron chi connectivity index (χ4n) is 1.38. The number of rotatable bonds is 0. The molecule has 0 spiro atoms. The Bertz CT molecular complexity index is 478. The number of aromatic nitrogens is 2. The maximum Gasteiger partial charge on any atom is 0.230 e. The zero-order valence-corrected chi connectivity index (χ0v) is 8.41. The minimum absolute atomic E-state index is 0. The van der Waals surface area contributed by atoms with Crippen molar-refractivity contribution >= 4 is 35.3 Å². The van der Waals surface area contributed by atoms with E-state index in [4.69, 9.17) is 5.73 Å². The highest BCUT2D eigenvalue weighted by atomic mass is 35.5. The molecule has 2 rings (SSSR count). The Morgan fingerprint density at radius 2 is 2.07 bits per heavy atom. The topological polar surface area (TPSA) is 60.9 Å². The van der Waals surface area contributed by atoms with Gasteiger partial charge >= 0.3 is 0 Å². The van der Waals surface area contributed by atoms with Crippen LogP contribution in [-0.4, -0.2) is 15.5 Å². The van der Waals surface area contributed by atoms with Gasteiger partial charge in [0.25, 0.3) is 0 Å². The molecule has 0 saturated carbocycles. The molecular formula is C9H10ClN3O. The number of fused-ring (bicyclic) bond motifs is 1. The minimum atomic E-state index is -0.119. The van der Waals surface area contributed by atoms with Gasteiger partial charge in [-0.2, -0.15) is 0 Å². The van der Waals surface area contributed by atoms with Gasteiger partial charge in [-0.05, 0) is 12.1 Å². The molecule has 4 nitrogen and oxygen atoms in total. The molecule has 1 heterocycles. The van der Waals surface area contributed by atoms with Crippen LogP contribution in [0.3, 0.4) is 0 Å². The zero-order chi connectivity index (χ0) is 9.42. The first-order valence-corrected chi connectivity index (χ1v) is 3.94. The number of benzene rings is 1. The van der Waals surface area contributed by atoms with Crippen molar-refractivity contribution in [3.8, 4) is 0 Å². The van der Waals surface area contributed by atoms with Gasteiger partial charge in [-0.15, -0.1) is 12.4 Å². The summed E-state index contributed by atoms with van der Waals surface area (Å²) in [6.45, 7) is 1.46. The number of carbonyl (C=O) groups excluding carboxylic acids is 1. The van der Waals surface area contributed by atoms with Gasteiger partial charge in [-0.1, -0.05) is 12.1 Å². The van der Waals surface area contributed by atoms with E-state index in [-0.39, 0.29) is 24.3 Å². The second-order valence-electron chi connectivity index (χ2n) is 2.81. The van der Waals surface area contributed by atoms with E-state index in [0.717, 1.165) is 11.0 Å². The number of imidazole rings is 1. The van der Waals surface area contributed by atoms with Crippen molar-refractivity contribution in [2.45, 2.75) is 6.92 Å². The van der Waals surface area contributed by atoms with E-state index >= 15 is 0 Å². The van der Waals surface area contributed by atoms with Gasteiger partial charge in [0.2, 0.25) is 11.9 Å². The van der Waals surface area contributed by atoms with Crippen LogP contribution in [0, 0.1) is 0 Å². The molecule has 0 bridgehead atoms. The van der Waals surface area contributed by atoms with Gasteiger partial charge in [-0.25, -0.2) is 9.55 Å². The lowest BCUT2D eigenvalue weighted by atomic mass is 10.3. The molecular weight excluding hydrogens is 202 g/mol. The number of para-hydroxylation sites is 2. The Kier molecular flexibility index (Phi) is 2.76. The molecule has 1 aromatic carbocycles.